The maximum absolute atomic E-state index is 11.9. The molecule has 0 saturated carbocycles. The van der Waals surface area contributed by atoms with Crippen LogP contribution in [0.2, 0.25) is 0 Å². The molecule has 2 heterocycles. The van der Waals surface area contributed by atoms with Crippen molar-refractivity contribution >= 4 is 10.0 Å². The van der Waals surface area contributed by atoms with Crippen LogP contribution < -0.4 is 15.0 Å². The molecule has 0 spiro atoms. The third kappa shape index (κ3) is 3.50. The third-order valence-electron chi connectivity index (χ3n) is 2.93. The first kappa shape index (κ1) is 15.3. The molecule has 2 aromatic heterocycles. The fraction of sp³-hybridized carbons (Fsp3) is 0.333. The van der Waals surface area contributed by atoms with E-state index in [1.165, 1.54) is 30.3 Å². The van der Waals surface area contributed by atoms with Crippen LogP contribution in [-0.4, -0.2) is 36.6 Å². The number of hydrogen-bond donors (Lipinski definition) is 2. The minimum absolute atomic E-state index is 0.0127. The largest absolute Gasteiger partial charge is 0.496 e. The molecule has 0 aromatic carbocycles. The van der Waals surface area contributed by atoms with Gasteiger partial charge in [-0.1, -0.05) is 0 Å². The highest BCUT2D eigenvalue weighted by Gasteiger charge is 2.14. The van der Waals surface area contributed by atoms with Gasteiger partial charge in [0.05, 0.1) is 19.6 Å². The highest BCUT2D eigenvalue weighted by Crippen LogP contribution is 2.08. The summed E-state index contributed by atoms with van der Waals surface area (Å²) in [4.78, 5) is 18.1. The normalized spacial score (nSPS) is 11.5. The van der Waals surface area contributed by atoms with Gasteiger partial charge < -0.3 is 14.3 Å². The quantitative estimate of drug-likeness (QED) is 0.772. The fourth-order valence-electron chi connectivity index (χ4n) is 1.86. The molecule has 0 atom stereocenters. The van der Waals surface area contributed by atoms with Crippen molar-refractivity contribution in [1.82, 2.24) is 19.3 Å². The van der Waals surface area contributed by atoms with Gasteiger partial charge in [0.25, 0.3) is 15.6 Å². The number of methoxy groups -OCH3 is 1. The lowest BCUT2D eigenvalue weighted by Gasteiger charge is -2.11. The molecule has 0 bridgehead atoms. The number of aromatic nitrogens is 3. The lowest BCUT2D eigenvalue weighted by atomic mass is 10.3. The molecule has 2 N–H and O–H groups in total. The van der Waals surface area contributed by atoms with Crippen molar-refractivity contribution in [3.8, 4) is 5.75 Å². The molecule has 0 radical (unpaired) electrons. The van der Waals surface area contributed by atoms with Crippen LogP contribution in [0.4, 0.5) is 0 Å². The molecule has 8 nitrogen and oxygen atoms in total. The molecule has 0 aliphatic carbocycles. The predicted octanol–water partition coefficient (Wildman–Crippen LogP) is -0.133. The van der Waals surface area contributed by atoms with E-state index in [9.17, 15) is 13.2 Å². The number of ether oxygens (including phenoxy) is 1. The van der Waals surface area contributed by atoms with Gasteiger partial charge in [0, 0.05) is 24.8 Å². The predicted molar refractivity (Wildman–Crippen MR) is 75.8 cm³/mol. The van der Waals surface area contributed by atoms with Gasteiger partial charge >= 0.3 is 0 Å². The Balaban J connectivity index is 2.06. The fourth-order valence-corrected chi connectivity index (χ4v) is 2.79. The van der Waals surface area contributed by atoms with E-state index in [2.05, 4.69) is 14.7 Å². The third-order valence-corrected chi connectivity index (χ3v) is 4.32. The Morgan fingerprint density at radius 1 is 1.43 bits per heavy atom. The highest BCUT2D eigenvalue weighted by molar-refractivity contribution is 7.89. The van der Waals surface area contributed by atoms with E-state index >= 15 is 0 Å². The van der Waals surface area contributed by atoms with E-state index in [-0.39, 0.29) is 23.7 Å². The molecule has 2 aromatic rings. The van der Waals surface area contributed by atoms with Crippen LogP contribution in [-0.2, 0) is 16.6 Å². The summed E-state index contributed by atoms with van der Waals surface area (Å²) in [6, 6.07) is 3.07. The smallest absolute Gasteiger partial charge is 0.257 e. The van der Waals surface area contributed by atoms with Gasteiger partial charge in [-0.05, 0) is 13.0 Å². The van der Waals surface area contributed by atoms with Gasteiger partial charge in [0.2, 0.25) is 0 Å². The standard InChI is InChI=1S/C12H16N4O4S/c1-9-5-10(20-2)6-12(17)16(9)4-3-15-21(18,19)11-7-13-8-14-11/h5-8,15H,3-4H2,1-2H3,(H,13,14). The van der Waals surface area contributed by atoms with E-state index in [0.717, 1.165) is 0 Å². The molecule has 0 saturated heterocycles. The Morgan fingerprint density at radius 3 is 2.76 bits per heavy atom. The number of nitrogens with one attached hydrogen (secondary N) is 2. The number of aromatic amines is 1. The minimum atomic E-state index is -3.63. The molecule has 0 fully saturated rings. The zero-order valence-corrected chi connectivity index (χ0v) is 12.5. The van der Waals surface area contributed by atoms with Crippen LogP contribution in [0.15, 0.2) is 34.5 Å². The second-order valence-corrected chi connectivity index (χ2v) is 6.08. The molecule has 0 amide bonds. The second-order valence-electron chi connectivity index (χ2n) is 4.34. The minimum Gasteiger partial charge on any atom is -0.496 e. The zero-order valence-electron chi connectivity index (χ0n) is 11.7. The number of nitrogens with zero attached hydrogens (tertiary/aromatic N) is 2. The van der Waals surface area contributed by atoms with E-state index in [4.69, 9.17) is 4.74 Å². The Kier molecular flexibility index (Phi) is 4.43. The Labute approximate surface area is 121 Å². The summed E-state index contributed by atoms with van der Waals surface area (Å²) in [6.45, 7) is 2.07. The van der Waals surface area contributed by atoms with Crippen LogP contribution in [0.3, 0.4) is 0 Å². The number of hydrogen-bond acceptors (Lipinski definition) is 5. The van der Waals surface area contributed by atoms with E-state index in [0.29, 0.717) is 11.4 Å². The molecule has 2 rings (SSSR count). The maximum Gasteiger partial charge on any atom is 0.257 e. The Bertz CT molecular complexity index is 765. The van der Waals surface area contributed by atoms with Gasteiger partial charge in [0.1, 0.15) is 5.75 Å². The van der Waals surface area contributed by atoms with Crippen LogP contribution in [0.5, 0.6) is 5.75 Å². The molecule has 9 heteroatoms. The average Bonchev–Trinajstić information content (AvgIpc) is 2.96. The number of sulfonamides is 1. The molecule has 114 valence electrons. The number of aryl methyl sites for hydroxylation is 1. The molecule has 21 heavy (non-hydrogen) atoms. The van der Waals surface area contributed by atoms with Gasteiger partial charge in [-0.25, -0.2) is 18.1 Å². The lowest BCUT2D eigenvalue weighted by molar-refractivity contribution is 0.411. The molecule has 0 aliphatic heterocycles. The summed E-state index contributed by atoms with van der Waals surface area (Å²) < 4.78 is 32.6. The summed E-state index contributed by atoms with van der Waals surface area (Å²) in [6.07, 6.45) is 2.50. The first-order valence-electron chi connectivity index (χ1n) is 6.17. The summed E-state index contributed by atoms with van der Waals surface area (Å²) in [5.41, 5.74) is 0.452. The van der Waals surface area contributed by atoms with Gasteiger partial charge in [-0.3, -0.25) is 4.79 Å². The van der Waals surface area contributed by atoms with E-state index in [1.807, 2.05) is 0 Å². The van der Waals surface area contributed by atoms with Crippen molar-refractivity contribution in [3.63, 3.8) is 0 Å². The topological polar surface area (TPSA) is 106 Å². The van der Waals surface area contributed by atoms with Gasteiger partial charge in [0.15, 0.2) is 5.03 Å². The van der Waals surface area contributed by atoms with Gasteiger partial charge in [-0.15, -0.1) is 0 Å². The summed E-state index contributed by atoms with van der Waals surface area (Å²) in [7, 11) is -2.15. The number of H-pyrrole nitrogens is 1. The Morgan fingerprint density at radius 2 is 2.19 bits per heavy atom. The maximum atomic E-state index is 11.9. The van der Waals surface area contributed by atoms with Crippen molar-refractivity contribution in [2.24, 2.45) is 0 Å². The van der Waals surface area contributed by atoms with Crippen molar-refractivity contribution in [3.05, 3.63) is 40.7 Å². The number of pyridine rings is 1. The first-order chi connectivity index (χ1) is 9.94. The lowest BCUT2D eigenvalue weighted by Crippen LogP contribution is -2.31. The average molecular weight is 312 g/mol. The zero-order chi connectivity index (χ0) is 15.5. The molecule has 0 aliphatic rings. The molecular formula is C12H16N4O4S. The van der Waals surface area contributed by atoms with Crippen LogP contribution in [0, 0.1) is 6.92 Å². The molecule has 0 unspecified atom stereocenters. The number of rotatable bonds is 6. The van der Waals surface area contributed by atoms with Crippen LogP contribution in [0.1, 0.15) is 5.69 Å². The van der Waals surface area contributed by atoms with Crippen LogP contribution in [0.25, 0.3) is 0 Å². The first-order valence-corrected chi connectivity index (χ1v) is 7.66. The van der Waals surface area contributed by atoms with E-state index < -0.39 is 10.0 Å². The monoisotopic (exact) mass is 312 g/mol. The summed E-state index contributed by atoms with van der Waals surface area (Å²) in [5.74, 6) is 0.479. The van der Waals surface area contributed by atoms with E-state index in [1.54, 1.807) is 13.0 Å². The number of imidazole rings is 1. The van der Waals surface area contributed by atoms with Crippen molar-refractivity contribution in [2.75, 3.05) is 13.7 Å². The van der Waals surface area contributed by atoms with Crippen molar-refractivity contribution in [1.29, 1.82) is 0 Å². The van der Waals surface area contributed by atoms with Crippen LogP contribution >= 0.6 is 0 Å². The molecular weight excluding hydrogens is 296 g/mol. The van der Waals surface area contributed by atoms with Gasteiger partial charge in [-0.2, -0.15) is 0 Å². The summed E-state index contributed by atoms with van der Waals surface area (Å²) in [5, 5.41) is -0.0127. The van der Waals surface area contributed by atoms with Crippen molar-refractivity contribution in [2.45, 2.75) is 18.5 Å². The summed E-state index contributed by atoms with van der Waals surface area (Å²) >= 11 is 0. The second kappa shape index (κ2) is 6.10. The SMILES string of the molecule is COc1cc(C)n(CCNS(=O)(=O)c2cnc[nH]2)c(=O)c1. The highest BCUT2D eigenvalue weighted by atomic mass is 32.2. The Hall–Kier alpha value is -2.13. The van der Waals surface area contributed by atoms with Crippen molar-refractivity contribution < 1.29 is 13.2 Å².